The van der Waals surface area contributed by atoms with Gasteiger partial charge >= 0.3 is 0 Å². The number of nitrogens with zero attached hydrogens (tertiary/aromatic N) is 2. The van der Waals surface area contributed by atoms with E-state index in [0.29, 0.717) is 10.9 Å². The molecular formula is C20H21N3O4S. The van der Waals surface area contributed by atoms with Crippen LogP contribution in [0.2, 0.25) is 0 Å². The van der Waals surface area contributed by atoms with Crippen LogP contribution in [-0.2, 0) is 11.3 Å². The zero-order chi connectivity index (χ0) is 19.3. The first-order chi connectivity index (χ1) is 13.7. The predicted octanol–water partition coefficient (Wildman–Crippen LogP) is 3.71. The van der Waals surface area contributed by atoms with E-state index >= 15 is 0 Å². The van der Waals surface area contributed by atoms with Crippen molar-refractivity contribution in [1.29, 1.82) is 0 Å². The second kappa shape index (κ2) is 8.45. The average Bonchev–Trinajstić information content (AvgIpc) is 3.36. The predicted molar refractivity (Wildman–Crippen MR) is 107 cm³/mol. The Morgan fingerprint density at radius 1 is 1.21 bits per heavy atom. The quantitative estimate of drug-likeness (QED) is 0.681. The van der Waals surface area contributed by atoms with E-state index in [1.165, 1.54) is 11.3 Å². The fourth-order valence-electron chi connectivity index (χ4n) is 2.88. The molecule has 28 heavy (non-hydrogen) atoms. The Morgan fingerprint density at radius 2 is 2.00 bits per heavy atom. The molecule has 8 heteroatoms. The zero-order valence-electron chi connectivity index (χ0n) is 15.5. The number of morpholine rings is 1. The Bertz CT molecular complexity index is 929. The minimum absolute atomic E-state index is 0.231. The number of aryl methyl sites for hydroxylation is 1. The summed E-state index contributed by atoms with van der Waals surface area (Å²) in [6.07, 6.45) is 0. The van der Waals surface area contributed by atoms with Crippen molar-refractivity contribution >= 4 is 28.1 Å². The maximum Gasteiger partial charge on any atom is 0.293 e. The monoisotopic (exact) mass is 399 g/mol. The summed E-state index contributed by atoms with van der Waals surface area (Å²) in [6.45, 7) is 5.45. The number of hydrogen-bond acceptors (Lipinski definition) is 7. The van der Waals surface area contributed by atoms with Crippen LogP contribution in [0.3, 0.4) is 0 Å². The van der Waals surface area contributed by atoms with Gasteiger partial charge in [-0.25, -0.2) is 4.98 Å². The minimum atomic E-state index is -0.324. The van der Waals surface area contributed by atoms with E-state index in [9.17, 15) is 4.79 Å². The molecule has 0 bridgehead atoms. The SMILES string of the molecule is Cc1csc(NC(=O)c2ccc(COc3ccc(N4CCOCC4)cc3)o2)n1. The lowest BCUT2D eigenvalue weighted by molar-refractivity contribution is 0.0992. The topological polar surface area (TPSA) is 76.8 Å². The van der Waals surface area contributed by atoms with Crippen LogP contribution in [-0.4, -0.2) is 37.2 Å². The molecular weight excluding hydrogens is 378 g/mol. The molecule has 0 radical (unpaired) electrons. The highest BCUT2D eigenvalue weighted by Crippen LogP contribution is 2.22. The number of aromatic nitrogens is 1. The van der Waals surface area contributed by atoms with Crippen LogP contribution in [0.25, 0.3) is 0 Å². The molecule has 1 aromatic carbocycles. The number of carbonyl (C=O) groups is 1. The number of nitrogens with one attached hydrogen (secondary N) is 1. The largest absolute Gasteiger partial charge is 0.486 e. The van der Waals surface area contributed by atoms with E-state index in [1.807, 2.05) is 36.6 Å². The van der Waals surface area contributed by atoms with E-state index in [0.717, 1.165) is 43.4 Å². The summed E-state index contributed by atoms with van der Waals surface area (Å²) in [7, 11) is 0. The molecule has 1 fully saturated rings. The fraction of sp³-hybridized carbons (Fsp3) is 0.300. The van der Waals surface area contributed by atoms with E-state index in [1.54, 1.807) is 12.1 Å². The Morgan fingerprint density at radius 3 is 2.71 bits per heavy atom. The van der Waals surface area contributed by atoms with Gasteiger partial charge in [-0.1, -0.05) is 0 Å². The van der Waals surface area contributed by atoms with Crippen molar-refractivity contribution in [2.24, 2.45) is 0 Å². The second-order valence-corrected chi connectivity index (χ2v) is 7.25. The molecule has 146 valence electrons. The molecule has 1 N–H and O–H groups in total. The molecule has 0 atom stereocenters. The van der Waals surface area contributed by atoms with E-state index in [4.69, 9.17) is 13.9 Å². The van der Waals surface area contributed by atoms with Crippen molar-refractivity contribution in [3.8, 4) is 5.75 Å². The van der Waals surface area contributed by atoms with Gasteiger partial charge in [0, 0.05) is 24.2 Å². The number of benzene rings is 1. The molecule has 0 unspecified atom stereocenters. The summed E-state index contributed by atoms with van der Waals surface area (Å²) < 4.78 is 16.7. The number of thiazole rings is 1. The lowest BCUT2D eigenvalue weighted by atomic mass is 10.2. The highest BCUT2D eigenvalue weighted by molar-refractivity contribution is 7.13. The molecule has 0 saturated carbocycles. The fourth-order valence-corrected chi connectivity index (χ4v) is 3.56. The number of rotatable bonds is 6. The van der Waals surface area contributed by atoms with Gasteiger partial charge in [0.05, 0.1) is 18.9 Å². The summed E-state index contributed by atoms with van der Waals surface area (Å²) in [4.78, 5) is 18.7. The average molecular weight is 399 g/mol. The van der Waals surface area contributed by atoms with Crippen molar-refractivity contribution in [3.05, 3.63) is 59.0 Å². The van der Waals surface area contributed by atoms with Crippen molar-refractivity contribution in [2.75, 3.05) is 36.5 Å². The maximum absolute atomic E-state index is 12.2. The minimum Gasteiger partial charge on any atom is -0.486 e. The van der Waals surface area contributed by atoms with Crippen LogP contribution in [0.1, 0.15) is 22.0 Å². The third kappa shape index (κ3) is 4.52. The normalized spacial score (nSPS) is 14.1. The molecule has 3 heterocycles. The smallest absolute Gasteiger partial charge is 0.293 e. The van der Waals surface area contributed by atoms with E-state index in [2.05, 4.69) is 15.2 Å². The number of ether oxygens (including phenoxy) is 2. The number of hydrogen-bond donors (Lipinski definition) is 1. The Labute approximate surface area is 166 Å². The zero-order valence-corrected chi connectivity index (χ0v) is 16.3. The van der Waals surface area contributed by atoms with Crippen LogP contribution in [0.5, 0.6) is 5.75 Å². The van der Waals surface area contributed by atoms with Crippen LogP contribution in [0, 0.1) is 6.92 Å². The molecule has 1 aliphatic heterocycles. The molecule has 2 aromatic heterocycles. The molecule has 3 aromatic rings. The summed E-state index contributed by atoms with van der Waals surface area (Å²) >= 11 is 1.38. The first-order valence-corrected chi connectivity index (χ1v) is 9.93. The van der Waals surface area contributed by atoms with Gasteiger partial charge in [-0.15, -0.1) is 11.3 Å². The van der Waals surface area contributed by atoms with Crippen molar-refractivity contribution in [2.45, 2.75) is 13.5 Å². The van der Waals surface area contributed by atoms with Crippen LogP contribution >= 0.6 is 11.3 Å². The number of amides is 1. The lowest BCUT2D eigenvalue weighted by Crippen LogP contribution is -2.36. The summed E-state index contributed by atoms with van der Waals surface area (Å²) in [6, 6.07) is 11.3. The Kier molecular flexibility index (Phi) is 5.59. The van der Waals surface area contributed by atoms with Gasteiger partial charge in [-0.05, 0) is 43.3 Å². The van der Waals surface area contributed by atoms with Gasteiger partial charge in [-0.2, -0.15) is 0 Å². The van der Waals surface area contributed by atoms with E-state index < -0.39 is 0 Å². The molecule has 0 aliphatic carbocycles. The first-order valence-electron chi connectivity index (χ1n) is 9.05. The summed E-state index contributed by atoms with van der Waals surface area (Å²) in [5.41, 5.74) is 2.03. The number of carbonyl (C=O) groups excluding carboxylic acids is 1. The molecule has 4 rings (SSSR count). The number of furan rings is 1. The Balaban J connectivity index is 1.31. The number of anilines is 2. The lowest BCUT2D eigenvalue weighted by Gasteiger charge is -2.28. The van der Waals surface area contributed by atoms with Crippen molar-refractivity contribution in [3.63, 3.8) is 0 Å². The van der Waals surface area contributed by atoms with Crippen LogP contribution in [0.4, 0.5) is 10.8 Å². The summed E-state index contributed by atoms with van der Waals surface area (Å²) in [5, 5.41) is 5.15. The Hall–Kier alpha value is -2.84. The molecule has 1 saturated heterocycles. The van der Waals surface area contributed by atoms with Crippen molar-refractivity contribution < 1.29 is 18.7 Å². The molecule has 7 nitrogen and oxygen atoms in total. The van der Waals surface area contributed by atoms with Gasteiger partial charge in [0.1, 0.15) is 18.1 Å². The first kappa shape index (κ1) is 18.5. The van der Waals surface area contributed by atoms with Gasteiger partial charge in [-0.3, -0.25) is 10.1 Å². The highest BCUT2D eigenvalue weighted by atomic mass is 32.1. The standard InChI is InChI=1S/C20H21N3O4S/c1-14-13-28-20(21-14)22-19(24)18-7-6-17(27-18)12-26-16-4-2-15(3-5-16)23-8-10-25-11-9-23/h2-7,13H,8-12H2,1H3,(H,21,22,24). The van der Waals surface area contributed by atoms with Crippen molar-refractivity contribution in [1.82, 2.24) is 4.98 Å². The van der Waals surface area contributed by atoms with Crippen LogP contribution in [0.15, 0.2) is 46.2 Å². The molecule has 1 amide bonds. The summed E-state index contributed by atoms with van der Waals surface area (Å²) in [5.74, 6) is 1.24. The van der Waals surface area contributed by atoms with Gasteiger partial charge in [0.15, 0.2) is 10.9 Å². The molecule has 1 aliphatic rings. The third-order valence-electron chi connectivity index (χ3n) is 4.32. The van der Waals surface area contributed by atoms with E-state index in [-0.39, 0.29) is 18.3 Å². The second-order valence-electron chi connectivity index (χ2n) is 6.40. The highest BCUT2D eigenvalue weighted by Gasteiger charge is 2.14. The third-order valence-corrected chi connectivity index (χ3v) is 5.19. The molecule has 0 spiro atoms. The van der Waals surface area contributed by atoms with Crippen LogP contribution < -0.4 is 15.0 Å². The van der Waals surface area contributed by atoms with Gasteiger partial charge < -0.3 is 18.8 Å². The van der Waals surface area contributed by atoms with Gasteiger partial charge in [0.25, 0.3) is 5.91 Å². The van der Waals surface area contributed by atoms with Gasteiger partial charge in [0.2, 0.25) is 0 Å². The maximum atomic E-state index is 12.2.